The Morgan fingerprint density at radius 1 is 1.17 bits per heavy atom. The Morgan fingerprint density at radius 3 is 2.42 bits per heavy atom. The van der Waals surface area contributed by atoms with E-state index in [1.165, 1.54) is 49.4 Å². The number of esters is 1. The second kappa shape index (κ2) is 7.65. The van der Waals surface area contributed by atoms with Crippen LogP contribution in [-0.4, -0.2) is 16.7 Å². The van der Waals surface area contributed by atoms with Crippen molar-refractivity contribution in [2.45, 2.75) is 6.92 Å². The molecule has 2 aromatic carbocycles. The summed E-state index contributed by atoms with van der Waals surface area (Å²) in [4.78, 5) is 33.5. The van der Waals surface area contributed by atoms with Crippen LogP contribution < -0.4 is 4.74 Å². The minimum atomic E-state index is -0.654. The predicted octanol–water partition coefficient (Wildman–Crippen LogP) is 4.18. The van der Waals surface area contributed by atoms with Crippen molar-refractivity contribution in [3.05, 3.63) is 74.3 Å². The van der Waals surface area contributed by atoms with Crippen molar-refractivity contribution < 1.29 is 19.2 Å². The predicted molar refractivity (Wildman–Crippen MR) is 91.9 cm³/mol. The van der Waals surface area contributed by atoms with Crippen LogP contribution >= 0.6 is 15.9 Å². The molecular weight excluding hydrogens is 378 g/mol. The van der Waals surface area contributed by atoms with Gasteiger partial charge in [0.05, 0.1) is 10.5 Å². The molecule has 24 heavy (non-hydrogen) atoms. The number of carbonyl (C=O) groups excluding carboxylic acids is 2. The molecule has 0 aliphatic heterocycles. The molecule has 7 heteroatoms. The molecule has 6 nitrogen and oxygen atoms in total. The Balaban J connectivity index is 2.10. The SMILES string of the molecule is CC(=O)c1cc(Br)ccc1OC(=O)/C=C/c1ccc([N+](=O)[O-])cc1. The standard InChI is InChI=1S/C17H12BrNO5/c1-11(20)15-10-13(18)5-8-16(15)24-17(21)9-4-12-2-6-14(7-3-12)19(22)23/h2-10H,1H3/b9-4+. The van der Waals surface area contributed by atoms with Gasteiger partial charge in [-0.25, -0.2) is 4.79 Å². The zero-order valence-electron chi connectivity index (χ0n) is 12.6. The van der Waals surface area contributed by atoms with Gasteiger partial charge in [0, 0.05) is 22.7 Å². The van der Waals surface area contributed by atoms with Crippen LogP contribution in [0.5, 0.6) is 5.75 Å². The molecule has 2 rings (SSSR count). The first-order valence-electron chi connectivity index (χ1n) is 6.81. The lowest BCUT2D eigenvalue weighted by atomic mass is 10.1. The Hall–Kier alpha value is -2.80. The van der Waals surface area contributed by atoms with E-state index in [2.05, 4.69) is 15.9 Å². The lowest BCUT2D eigenvalue weighted by molar-refractivity contribution is -0.384. The topological polar surface area (TPSA) is 86.5 Å². The number of rotatable bonds is 5. The molecule has 0 bridgehead atoms. The first kappa shape index (κ1) is 17.6. The van der Waals surface area contributed by atoms with E-state index in [0.29, 0.717) is 15.6 Å². The van der Waals surface area contributed by atoms with Crippen molar-refractivity contribution >= 4 is 39.4 Å². The molecule has 0 N–H and O–H groups in total. The number of benzene rings is 2. The molecule has 0 heterocycles. The van der Waals surface area contributed by atoms with Gasteiger partial charge in [-0.2, -0.15) is 0 Å². The largest absolute Gasteiger partial charge is 0.423 e. The van der Waals surface area contributed by atoms with Crippen molar-refractivity contribution in [1.29, 1.82) is 0 Å². The minimum Gasteiger partial charge on any atom is -0.423 e. The maximum Gasteiger partial charge on any atom is 0.336 e. The Bertz CT molecular complexity index is 827. The molecule has 0 saturated carbocycles. The number of ether oxygens (including phenoxy) is 1. The van der Waals surface area contributed by atoms with Gasteiger partial charge in [-0.05, 0) is 48.9 Å². The van der Waals surface area contributed by atoms with Crippen molar-refractivity contribution in [3.8, 4) is 5.75 Å². The average Bonchev–Trinajstić information content (AvgIpc) is 2.54. The lowest BCUT2D eigenvalue weighted by Gasteiger charge is -2.06. The third-order valence-corrected chi connectivity index (χ3v) is 3.54. The van der Waals surface area contributed by atoms with Crippen LogP contribution in [0.1, 0.15) is 22.8 Å². The number of nitro benzene ring substituents is 1. The molecule has 0 aliphatic carbocycles. The van der Waals surface area contributed by atoms with E-state index in [0.717, 1.165) is 0 Å². The first-order chi connectivity index (χ1) is 11.4. The highest BCUT2D eigenvalue weighted by molar-refractivity contribution is 9.10. The highest BCUT2D eigenvalue weighted by Crippen LogP contribution is 2.24. The van der Waals surface area contributed by atoms with Crippen molar-refractivity contribution in [1.82, 2.24) is 0 Å². The number of nitrogens with zero attached hydrogens (tertiary/aromatic N) is 1. The second-order valence-electron chi connectivity index (χ2n) is 4.80. The maximum atomic E-state index is 11.9. The quantitative estimate of drug-likeness (QED) is 0.191. The average molecular weight is 390 g/mol. The summed E-state index contributed by atoms with van der Waals surface area (Å²) in [6.45, 7) is 1.38. The molecule has 0 saturated heterocycles. The van der Waals surface area contributed by atoms with Gasteiger partial charge in [0.15, 0.2) is 5.78 Å². The molecule has 0 unspecified atom stereocenters. The monoisotopic (exact) mass is 389 g/mol. The highest BCUT2D eigenvalue weighted by atomic mass is 79.9. The summed E-state index contributed by atoms with van der Waals surface area (Å²) in [5, 5.41) is 10.6. The zero-order valence-corrected chi connectivity index (χ0v) is 14.1. The molecule has 0 amide bonds. The normalized spacial score (nSPS) is 10.6. The van der Waals surface area contributed by atoms with Crippen LogP contribution in [-0.2, 0) is 4.79 Å². The summed E-state index contributed by atoms with van der Waals surface area (Å²) in [5.41, 5.74) is 0.872. The van der Waals surface area contributed by atoms with Crippen LogP contribution in [0.25, 0.3) is 6.08 Å². The van der Waals surface area contributed by atoms with Crippen LogP contribution in [0.15, 0.2) is 53.0 Å². The number of non-ortho nitro benzene ring substituents is 1. The smallest absolute Gasteiger partial charge is 0.336 e. The minimum absolute atomic E-state index is 0.0318. The molecule has 2 aromatic rings. The summed E-state index contributed by atoms with van der Waals surface area (Å²) in [7, 11) is 0. The van der Waals surface area contributed by atoms with E-state index in [-0.39, 0.29) is 17.2 Å². The number of halogens is 1. The first-order valence-corrected chi connectivity index (χ1v) is 7.61. The molecule has 0 aliphatic rings. The van der Waals surface area contributed by atoms with Crippen molar-refractivity contribution in [2.75, 3.05) is 0 Å². The number of hydrogen-bond donors (Lipinski definition) is 0. The number of Topliss-reactive ketones (excluding diaryl/α,β-unsaturated/α-hetero) is 1. The zero-order chi connectivity index (χ0) is 17.7. The summed E-state index contributed by atoms with van der Waals surface area (Å²) >= 11 is 3.25. The Labute approximate surface area is 146 Å². The molecule has 0 aromatic heterocycles. The van der Waals surface area contributed by atoms with E-state index >= 15 is 0 Å². The number of carbonyl (C=O) groups is 2. The Kier molecular flexibility index (Phi) is 5.59. The van der Waals surface area contributed by atoms with Gasteiger partial charge < -0.3 is 4.74 Å². The van der Waals surface area contributed by atoms with Gasteiger partial charge in [-0.1, -0.05) is 15.9 Å². The van der Waals surface area contributed by atoms with Gasteiger partial charge in [-0.15, -0.1) is 0 Å². The third kappa shape index (κ3) is 4.60. The summed E-state index contributed by atoms with van der Waals surface area (Å²) in [6.07, 6.45) is 2.66. The van der Waals surface area contributed by atoms with E-state index < -0.39 is 10.9 Å². The third-order valence-electron chi connectivity index (χ3n) is 3.05. The van der Waals surface area contributed by atoms with E-state index in [1.807, 2.05) is 0 Å². The van der Waals surface area contributed by atoms with Gasteiger partial charge >= 0.3 is 5.97 Å². The van der Waals surface area contributed by atoms with Crippen LogP contribution in [0.3, 0.4) is 0 Å². The summed E-state index contributed by atoms with van der Waals surface area (Å²) in [5.74, 6) is -0.708. The molecule has 122 valence electrons. The fraction of sp³-hybridized carbons (Fsp3) is 0.0588. The van der Waals surface area contributed by atoms with Crippen molar-refractivity contribution in [2.24, 2.45) is 0 Å². The van der Waals surface area contributed by atoms with E-state index in [1.54, 1.807) is 12.1 Å². The number of ketones is 1. The van der Waals surface area contributed by atoms with Gasteiger partial charge in [0.2, 0.25) is 0 Å². The molecular formula is C17H12BrNO5. The second-order valence-corrected chi connectivity index (χ2v) is 5.72. The van der Waals surface area contributed by atoms with Crippen LogP contribution in [0.4, 0.5) is 5.69 Å². The fourth-order valence-corrected chi connectivity index (χ4v) is 2.24. The van der Waals surface area contributed by atoms with Crippen molar-refractivity contribution in [3.63, 3.8) is 0 Å². The van der Waals surface area contributed by atoms with Crippen LogP contribution in [0, 0.1) is 10.1 Å². The fourth-order valence-electron chi connectivity index (χ4n) is 1.88. The molecule has 0 spiro atoms. The number of hydrogen-bond acceptors (Lipinski definition) is 5. The molecule has 0 fully saturated rings. The van der Waals surface area contributed by atoms with Crippen LogP contribution in [0.2, 0.25) is 0 Å². The van der Waals surface area contributed by atoms with E-state index in [4.69, 9.17) is 4.74 Å². The van der Waals surface area contributed by atoms with Gasteiger partial charge in [-0.3, -0.25) is 14.9 Å². The Morgan fingerprint density at radius 2 is 1.83 bits per heavy atom. The summed E-state index contributed by atoms with van der Waals surface area (Å²) < 4.78 is 5.87. The summed E-state index contributed by atoms with van der Waals surface area (Å²) in [6, 6.07) is 10.5. The maximum absolute atomic E-state index is 11.9. The number of nitro groups is 1. The lowest BCUT2D eigenvalue weighted by Crippen LogP contribution is -2.07. The molecule has 0 atom stereocenters. The highest BCUT2D eigenvalue weighted by Gasteiger charge is 2.11. The van der Waals surface area contributed by atoms with E-state index in [9.17, 15) is 19.7 Å². The van der Waals surface area contributed by atoms with Gasteiger partial charge in [0.1, 0.15) is 5.75 Å². The molecule has 0 radical (unpaired) electrons. The van der Waals surface area contributed by atoms with Gasteiger partial charge in [0.25, 0.3) is 5.69 Å².